The molecule has 4 nitrogen and oxygen atoms in total. The number of aryl methyl sites for hydroxylation is 1. The van der Waals surface area contributed by atoms with Crippen LogP contribution >= 0.6 is 0 Å². The minimum atomic E-state index is 0.0909. The van der Waals surface area contributed by atoms with E-state index in [2.05, 4.69) is 28.5 Å². The Balaban J connectivity index is 1.47. The third kappa shape index (κ3) is 2.28. The molecule has 0 radical (unpaired) electrons. The van der Waals surface area contributed by atoms with Gasteiger partial charge < -0.3 is 4.98 Å². The van der Waals surface area contributed by atoms with Crippen LogP contribution < -0.4 is 5.43 Å². The zero-order valence-corrected chi connectivity index (χ0v) is 13.7. The minimum Gasteiger partial charge on any atom is -0.358 e. The number of benzene rings is 1. The number of nitrogens with zero attached hydrogens (tertiary/aromatic N) is 1. The summed E-state index contributed by atoms with van der Waals surface area (Å²) in [7, 11) is 0. The third-order valence-corrected chi connectivity index (χ3v) is 5.93. The first-order valence-electron chi connectivity index (χ1n) is 8.51. The van der Waals surface area contributed by atoms with E-state index in [-0.39, 0.29) is 17.2 Å². The third-order valence-electron chi connectivity index (χ3n) is 5.93. The Kier molecular flexibility index (Phi) is 3.29. The highest BCUT2D eigenvalue weighted by molar-refractivity contribution is 6.00. The molecule has 2 aliphatic carbocycles. The van der Waals surface area contributed by atoms with E-state index in [1.54, 1.807) is 6.21 Å². The Morgan fingerprint density at radius 2 is 2.22 bits per heavy atom. The Morgan fingerprint density at radius 3 is 3.00 bits per heavy atom. The van der Waals surface area contributed by atoms with Crippen molar-refractivity contribution in [2.45, 2.75) is 39.5 Å². The van der Waals surface area contributed by atoms with Gasteiger partial charge in [0.25, 0.3) is 0 Å². The highest BCUT2D eigenvalue weighted by Crippen LogP contribution is 2.66. The number of aromatic nitrogens is 1. The largest absolute Gasteiger partial charge is 0.358 e. The molecular weight excluding hydrogens is 286 g/mol. The second-order valence-electron chi connectivity index (χ2n) is 7.28. The molecular formula is C19H23N3O. The van der Waals surface area contributed by atoms with E-state index in [1.807, 2.05) is 25.1 Å². The summed E-state index contributed by atoms with van der Waals surface area (Å²) in [6.45, 7) is 4.29. The molecule has 120 valence electrons. The van der Waals surface area contributed by atoms with Crippen LogP contribution in [0.5, 0.6) is 0 Å². The number of rotatable bonds is 3. The molecule has 0 aliphatic heterocycles. The zero-order chi connectivity index (χ0) is 16.0. The maximum absolute atomic E-state index is 12.4. The van der Waals surface area contributed by atoms with Crippen LogP contribution in [0.15, 0.2) is 29.4 Å². The molecule has 4 heteroatoms. The van der Waals surface area contributed by atoms with Gasteiger partial charge in [-0.1, -0.05) is 38.0 Å². The maximum Gasteiger partial charge on any atom is 0.244 e. The first-order valence-corrected chi connectivity index (χ1v) is 8.51. The predicted molar refractivity (Wildman–Crippen MR) is 92.3 cm³/mol. The number of H-pyrrole nitrogens is 1. The molecule has 2 aromatic rings. The smallest absolute Gasteiger partial charge is 0.244 e. The highest BCUT2D eigenvalue weighted by atomic mass is 16.2. The van der Waals surface area contributed by atoms with Gasteiger partial charge in [-0.25, -0.2) is 5.43 Å². The Labute approximate surface area is 136 Å². The average molecular weight is 309 g/mol. The molecule has 1 aromatic heterocycles. The quantitative estimate of drug-likeness (QED) is 0.658. The van der Waals surface area contributed by atoms with Crippen LogP contribution in [0.2, 0.25) is 0 Å². The first kappa shape index (κ1) is 14.5. The molecule has 2 fully saturated rings. The average Bonchev–Trinajstić information content (AvgIpc) is 3.05. The molecule has 4 rings (SSSR count). The summed E-state index contributed by atoms with van der Waals surface area (Å²) >= 11 is 0. The normalized spacial score (nSPS) is 29.7. The molecule has 23 heavy (non-hydrogen) atoms. The number of amides is 1. The van der Waals surface area contributed by atoms with Crippen molar-refractivity contribution in [3.63, 3.8) is 0 Å². The van der Waals surface area contributed by atoms with Crippen molar-refractivity contribution in [3.05, 3.63) is 35.5 Å². The van der Waals surface area contributed by atoms with Crippen molar-refractivity contribution in [1.29, 1.82) is 0 Å². The molecule has 0 bridgehead atoms. The predicted octanol–water partition coefficient (Wildman–Crippen LogP) is 3.75. The molecule has 0 unspecified atom stereocenters. The number of carbonyl (C=O) groups excluding carboxylic acids is 1. The molecule has 0 saturated heterocycles. The standard InChI is InChI=1S/C19H23N3O/c1-12-14(13-7-3-4-9-16(13)21-12)11-20-22-18(23)17-15-8-5-6-10-19(15,17)2/h3-4,7,9,11,15,17,21H,5-6,8,10H2,1-2H3,(H,22,23)/b20-11-/t15-,17+,19+/m1/s1. The van der Waals surface area contributed by atoms with Gasteiger partial charge >= 0.3 is 0 Å². The number of fused-ring (bicyclic) bond motifs is 2. The van der Waals surface area contributed by atoms with Gasteiger partial charge in [0.2, 0.25) is 5.91 Å². The highest BCUT2D eigenvalue weighted by Gasteiger charge is 2.64. The van der Waals surface area contributed by atoms with Crippen LogP contribution in [0.3, 0.4) is 0 Å². The molecule has 2 saturated carbocycles. The van der Waals surface area contributed by atoms with Gasteiger partial charge in [0.1, 0.15) is 0 Å². The topological polar surface area (TPSA) is 57.2 Å². The van der Waals surface area contributed by atoms with Gasteiger partial charge in [-0.15, -0.1) is 0 Å². The fraction of sp³-hybridized carbons (Fsp3) is 0.474. The lowest BCUT2D eigenvalue weighted by atomic mass is 9.90. The van der Waals surface area contributed by atoms with Gasteiger partial charge in [0.15, 0.2) is 0 Å². The molecule has 0 spiro atoms. The van der Waals surface area contributed by atoms with Crippen LogP contribution in [0.25, 0.3) is 10.9 Å². The van der Waals surface area contributed by atoms with Crippen LogP contribution in [-0.4, -0.2) is 17.1 Å². The van der Waals surface area contributed by atoms with E-state index in [9.17, 15) is 4.79 Å². The fourth-order valence-electron chi connectivity index (χ4n) is 4.55. The summed E-state index contributed by atoms with van der Waals surface area (Å²) < 4.78 is 0. The van der Waals surface area contributed by atoms with Gasteiger partial charge in [-0.3, -0.25) is 4.79 Å². The summed E-state index contributed by atoms with van der Waals surface area (Å²) in [6.07, 6.45) is 6.66. The number of hydrogen-bond donors (Lipinski definition) is 2. The van der Waals surface area contributed by atoms with Crippen molar-refractivity contribution < 1.29 is 4.79 Å². The summed E-state index contributed by atoms with van der Waals surface area (Å²) in [5.41, 5.74) is 6.21. The van der Waals surface area contributed by atoms with Gasteiger partial charge in [0, 0.05) is 28.1 Å². The van der Waals surface area contributed by atoms with Crippen LogP contribution in [-0.2, 0) is 4.79 Å². The number of carbonyl (C=O) groups is 1. The second-order valence-corrected chi connectivity index (χ2v) is 7.28. The lowest BCUT2D eigenvalue weighted by Gasteiger charge is -2.15. The van der Waals surface area contributed by atoms with Crippen LogP contribution in [0, 0.1) is 24.2 Å². The second kappa shape index (κ2) is 5.22. The van der Waals surface area contributed by atoms with Gasteiger partial charge in [-0.2, -0.15) is 5.10 Å². The Morgan fingerprint density at radius 1 is 1.39 bits per heavy atom. The van der Waals surface area contributed by atoms with E-state index >= 15 is 0 Å². The first-order chi connectivity index (χ1) is 11.1. The summed E-state index contributed by atoms with van der Waals surface area (Å²) in [5.74, 6) is 0.820. The summed E-state index contributed by atoms with van der Waals surface area (Å²) in [5, 5.41) is 5.36. The minimum absolute atomic E-state index is 0.0909. The lowest BCUT2D eigenvalue weighted by molar-refractivity contribution is -0.123. The summed E-state index contributed by atoms with van der Waals surface area (Å²) in [6, 6.07) is 8.14. The Bertz CT molecular complexity index is 791. The van der Waals surface area contributed by atoms with E-state index in [4.69, 9.17) is 0 Å². The van der Waals surface area contributed by atoms with Crippen molar-refractivity contribution in [2.75, 3.05) is 0 Å². The van der Waals surface area contributed by atoms with Crippen LogP contribution in [0.4, 0.5) is 0 Å². The van der Waals surface area contributed by atoms with Crippen LogP contribution in [0.1, 0.15) is 43.9 Å². The van der Waals surface area contributed by atoms with E-state index in [1.165, 1.54) is 25.7 Å². The number of para-hydroxylation sites is 1. The van der Waals surface area contributed by atoms with E-state index in [0.717, 1.165) is 22.2 Å². The molecule has 3 atom stereocenters. The fourth-order valence-corrected chi connectivity index (χ4v) is 4.55. The van der Waals surface area contributed by atoms with Crippen molar-refractivity contribution in [3.8, 4) is 0 Å². The number of hydrazone groups is 1. The maximum atomic E-state index is 12.4. The zero-order valence-electron chi connectivity index (χ0n) is 13.7. The number of hydrogen-bond acceptors (Lipinski definition) is 2. The van der Waals surface area contributed by atoms with E-state index < -0.39 is 0 Å². The van der Waals surface area contributed by atoms with Gasteiger partial charge in [0.05, 0.1) is 6.21 Å². The van der Waals surface area contributed by atoms with Crippen molar-refractivity contribution >= 4 is 23.0 Å². The number of aromatic amines is 1. The van der Waals surface area contributed by atoms with E-state index in [0.29, 0.717) is 5.92 Å². The molecule has 1 amide bonds. The number of nitrogens with one attached hydrogen (secondary N) is 2. The summed E-state index contributed by atoms with van der Waals surface area (Å²) in [4.78, 5) is 15.8. The van der Waals surface area contributed by atoms with Crippen molar-refractivity contribution in [1.82, 2.24) is 10.4 Å². The lowest BCUT2D eigenvalue weighted by Crippen LogP contribution is -2.22. The molecule has 1 aromatic carbocycles. The molecule has 2 aliphatic rings. The van der Waals surface area contributed by atoms with Gasteiger partial charge in [-0.05, 0) is 37.2 Å². The molecule has 2 N–H and O–H groups in total. The van der Waals surface area contributed by atoms with Crippen molar-refractivity contribution in [2.24, 2.45) is 22.4 Å². The molecule has 1 heterocycles. The SMILES string of the molecule is Cc1[nH]c2ccccc2c1/C=N\NC(=O)[C@@H]1[C@H]2CCCC[C@@]21C. The Hall–Kier alpha value is -2.10. The monoisotopic (exact) mass is 309 g/mol.